The fourth-order valence-corrected chi connectivity index (χ4v) is 5.67. The molecule has 2 nitrogen and oxygen atoms in total. The molecule has 14 heavy (non-hydrogen) atoms. The normalized spacial score (nSPS) is 12.0. The van der Waals surface area contributed by atoms with Crippen LogP contribution in [0.3, 0.4) is 0 Å². The Morgan fingerprint density at radius 1 is 0.929 bits per heavy atom. The highest BCUT2D eigenvalue weighted by molar-refractivity contribution is 9.09. The molecule has 0 aromatic carbocycles. The third kappa shape index (κ3) is 5.49. The van der Waals surface area contributed by atoms with E-state index in [1.165, 1.54) is 0 Å². The molecule has 0 aliphatic heterocycles. The van der Waals surface area contributed by atoms with Gasteiger partial charge in [-0.1, -0.05) is 43.1 Å². The summed E-state index contributed by atoms with van der Waals surface area (Å²) in [5.74, 6) is 0. The Balaban J connectivity index is 4.11. The van der Waals surface area contributed by atoms with E-state index in [1.54, 1.807) is 0 Å². The summed E-state index contributed by atoms with van der Waals surface area (Å²) in [6, 6.07) is 1.10. The van der Waals surface area contributed by atoms with Gasteiger partial charge in [-0.25, -0.2) is 0 Å². The molecule has 0 radical (unpaired) electrons. The van der Waals surface area contributed by atoms with Gasteiger partial charge in [-0.2, -0.15) is 0 Å². The standard InChI is InChI=1S/C10H23BrO2Si/c1-4-7-12-14(10-11,9-6-3)13-8-5-2/h4-10H2,1-3H3. The van der Waals surface area contributed by atoms with Crippen LogP contribution in [0.25, 0.3) is 0 Å². The lowest BCUT2D eigenvalue weighted by atomic mass is 10.5. The quantitative estimate of drug-likeness (QED) is 0.475. The Hall–Kier alpha value is 0.617. The summed E-state index contributed by atoms with van der Waals surface area (Å²) in [5, 5.41) is 0. The van der Waals surface area contributed by atoms with Crippen molar-refractivity contribution >= 4 is 24.5 Å². The molecule has 0 heterocycles. The maximum absolute atomic E-state index is 5.94. The Bertz CT molecular complexity index is 125. The summed E-state index contributed by atoms with van der Waals surface area (Å²) >= 11 is 3.55. The summed E-state index contributed by atoms with van der Waals surface area (Å²) < 4.78 is 11.9. The first-order valence-corrected chi connectivity index (χ1v) is 8.93. The van der Waals surface area contributed by atoms with Crippen molar-refractivity contribution in [3.05, 3.63) is 0 Å². The number of rotatable bonds is 9. The minimum atomic E-state index is -1.89. The molecule has 4 heteroatoms. The van der Waals surface area contributed by atoms with Crippen molar-refractivity contribution in [2.24, 2.45) is 0 Å². The third-order valence-corrected chi connectivity index (χ3v) is 7.67. The lowest BCUT2D eigenvalue weighted by Gasteiger charge is -2.28. The number of alkyl halides is 1. The molecule has 0 rings (SSSR count). The van der Waals surface area contributed by atoms with Crippen LogP contribution >= 0.6 is 15.9 Å². The van der Waals surface area contributed by atoms with Crippen molar-refractivity contribution in [3.8, 4) is 0 Å². The second-order valence-corrected chi connectivity index (χ2v) is 8.34. The Morgan fingerprint density at radius 3 is 1.71 bits per heavy atom. The first-order chi connectivity index (χ1) is 6.74. The highest BCUT2D eigenvalue weighted by Gasteiger charge is 2.35. The third-order valence-electron chi connectivity index (χ3n) is 1.97. The highest BCUT2D eigenvalue weighted by atomic mass is 79.9. The predicted molar refractivity (Wildman–Crippen MR) is 67.1 cm³/mol. The van der Waals surface area contributed by atoms with Crippen LogP contribution < -0.4 is 0 Å². The Kier molecular flexibility index (Phi) is 9.28. The zero-order valence-electron chi connectivity index (χ0n) is 9.64. The van der Waals surface area contributed by atoms with E-state index in [0.717, 1.165) is 43.5 Å². The largest absolute Gasteiger partial charge is 0.394 e. The van der Waals surface area contributed by atoms with E-state index in [-0.39, 0.29) is 0 Å². The van der Waals surface area contributed by atoms with Crippen LogP contribution in [0.15, 0.2) is 0 Å². The second kappa shape index (κ2) is 8.89. The molecule has 0 aliphatic carbocycles. The lowest BCUT2D eigenvalue weighted by Crippen LogP contribution is -2.45. The smallest absolute Gasteiger partial charge is 0.349 e. The molecular weight excluding hydrogens is 260 g/mol. The summed E-state index contributed by atoms with van der Waals surface area (Å²) in [4.78, 5) is 0.897. The molecular formula is C10H23BrO2Si. The Morgan fingerprint density at radius 2 is 1.43 bits per heavy atom. The Labute approximate surface area is 97.7 Å². The van der Waals surface area contributed by atoms with Gasteiger partial charge in [0.1, 0.15) is 0 Å². The summed E-state index contributed by atoms with van der Waals surface area (Å²) in [7, 11) is -1.89. The van der Waals surface area contributed by atoms with E-state index in [4.69, 9.17) is 8.85 Å². The molecule has 0 aromatic rings. The summed E-state index contributed by atoms with van der Waals surface area (Å²) in [6.45, 7) is 8.14. The highest BCUT2D eigenvalue weighted by Crippen LogP contribution is 2.19. The average molecular weight is 283 g/mol. The van der Waals surface area contributed by atoms with E-state index in [2.05, 4.69) is 36.7 Å². The van der Waals surface area contributed by atoms with Crippen LogP contribution in [0.1, 0.15) is 40.0 Å². The predicted octanol–water partition coefficient (Wildman–Crippen LogP) is 3.63. The van der Waals surface area contributed by atoms with Gasteiger partial charge in [0.25, 0.3) is 0 Å². The number of hydrogen-bond acceptors (Lipinski definition) is 2. The van der Waals surface area contributed by atoms with Gasteiger partial charge in [-0.3, -0.25) is 0 Å². The maximum Gasteiger partial charge on any atom is 0.349 e. The molecule has 0 amide bonds. The fourth-order valence-electron chi connectivity index (χ4n) is 1.29. The summed E-state index contributed by atoms with van der Waals surface area (Å²) in [6.07, 6.45) is 3.28. The zero-order chi connectivity index (χ0) is 10.9. The first-order valence-electron chi connectivity index (χ1n) is 5.58. The molecule has 86 valence electrons. The van der Waals surface area contributed by atoms with Crippen LogP contribution in [0.4, 0.5) is 0 Å². The van der Waals surface area contributed by atoms with Crippen molar-refractivity contribution in [3.63, 3.8) is 0 Å². The average Bonchev–Trinajstić information content (AvgIpc) is 2.22. The molecule has 0 saturated carbocycles. The van der Waals surface area contributed by atoms with E-state index < -0.39 is 8.56 Å². The summed E-state index contributed by atoms with van der Waals surface area (Å²) in [5.41, 5.74) is 0. The topological polar surface area (TPSA) is 18.5 Å². The van der Waals surface area contributed by atoms with Crippen molar-refractivity contribution in [2.75, 3.05) is 18.2 Å². The molecule has 0 fully saturated rings. The second-order valence-electron chi connectivity index (χ2n) is 3.49. The molecule has 0 atom stereocenters. The van der Waals surface area contributed by atoms with Gasteiger partial charge in [-0.15, -0.1) is 0 Å². The number of hydrogen-bond donors (Lipinski definition) is 0. The SMILES string of the molecule is CCCO[Si](CBr)(CCC)OCCC. The first kappa shape index (κ1) is 14.6. The van der Waals surface area contributed by atoms with E-state index in [0.29, 0.717) is 0 Å². The van der Waals surface area contributed by atoms with E-state index in [9.17, 15) is 0 Å². The van der Waals surface area contributed by atoms with Gasteiger partial charge in [0.15, 0.2) is 0 Å². The fraction of sp³-hybridized carbons (Fsp3) is 1.00. The monoisotopic (exact) mass is 282 g/mol. The zero-order valence-corrected chi connectivity index (χ0v) is 12.2. The van der Waals surface area contributed by atoms with Gasteiger partial charge < -0.3 is 8.85 Å². The van der Waals surface area contributed by atoms with Crippen LogP contribution in [0.2, 0.25) is 6.04 Å². The molecule has 0 aliphatic rings. The van der Waals surface area contributed by atoms with Crippen LogP contribution in [0, 0.1) is 0 Å². The van der Waals surface area contributed by atoms with E-state index in [1.807, 2.05) is 0 Å². The van der Waals surface area contributed by atoms with Crippen molar-refractivity contribution in [1.29, 1.82) is 0 Å². The van der Waals surface area contributed by atoms with Gasteiger partial charge in [0.2, 0.25) is 0 Å². The maximum atomic E-state index is 5.94. The van der Waals surface area contributed by atoms with Crippen molar-refractivity contribution in [2.45, 2.75) is 46.1 Å². The van der Waals surface area contributed by atoms with Crippen LogP contribution in [-0.4, -0.2) is 26.7 Å². The molecule has 0 spiro atoms. The molecule has 0 saturated heterocycles. The lowest BCUT2D eigenvalue weighted by molar-refractivity contribution is 0.172. The van der Waals surface area contributed by atoms with E-state index >= 15 is 0 Å². The molecule has 0 N–H and O–H groups in total. The van der Waals surface area contributed by atoms with Gasteiger partial charge in [0, 0.05) is 18.2 Å². The van der Waals surface area contributed by atoms with Gasteiger partial charge in [0.05, 0.1) is 0 Å². The molecule has 0 bridgehead atoms. The van der Waals surface area contributed by atoms with Gasteiger partial charge >= 0.3 is 8.56 Å². The minimum Gasteiger partial charge on any atom is -0.394 e. The van der Waals surface area contributed by atoms with Crippen LogP contribution in [-0.2, 0) is 8.85 Å². The van der Waals surface area contributed by atoms with Gasteiger partial charge in [-0.05, 0) is 18.9 Å². The van der Waals surface area contributed by atoms with Crippen LogP contribution in [0.5, 0.6) is 0 Å². The minimum absolute atomic E-state index is 0.835. The molecule has 0 aromatic heterocycles. The van der Waals surface area contributed by atoms with Crippen molar-refractivity contribution < 1.29 is 8.85 Å². The van der Waals surface area contributed by atoms with Crippen molar-refractivity contribution in [1.82, 2.24) is 0 Å². The molecule has 0 unspecified atom stereocenters. The number of halogens is 1.